The van der Waals surface area contributed by atoms with Gasteiger partial charge in [-0.3, -0.25) is 0 Å². The van der Waals surface area contributed by atoms with Crippen molar-refractivity contribution in [3.05, 3.63) is 63.6 Å². The number of hydrogen-bond acceptors (Lipinski definition) is 3. The van der Waals surface area contributed by atoms with E-state index in [-0.39, 0.29) is 0 Å². The second kappa shape index (κ2) is 5.98. The molecule has 0 spiro atoms. The lowest BCUT2D eigenvalue weighted by Crippen LogP contribution is -1.90. The Balaban J connectivity index is 1.99. The van der Waals surface area contributed by atoms with Crippen LogP contribution in [-0.4, -0.2) is 4.98 Å². The lowest BCUT2D eigenvalue weighted by molar-refractivity contribution is 1.01. The summed E-state index contributed by atoms with van der Waals surface area (Å²) in [6.45, 7) is 2.16. The van der Waals surface area contributed by atoms with Crippen LogP contribution in [-0.2, 0) is 18.6 Å². The van der Waals surface area contributed by atoms with Crippen LogP contribution in [0.15, 0.2) is 42.5 Å². The lowest BCUT2D eigenvalue weighted by atomic mass is 10.0. The van der Waals surface area contributed by atoms with Gasteiger partial charge >= 0.3 is 0 Å². The van der Waals surface area contributed by atoms with E-state index in [1.165, 1.54) is 31.9 Å². The summed E-state index contributed by atoms with van der Waals surface area (Å²) in [6.07, 6.45) is 1.90. The second-order valence-electron chi connectivity index (χ2n) is 4.80. The van der Waals surface area contributed by atoms with Crippen molar-refractivity contribution in [2.75, 3.05) is 0 Å². The molecule has 0 saturated carbocycles. The number of benzene rings is 2. The number of fused-ring (bicyclic) bond motifs is 1. The maximum atomic E-state index is 4.77. The maximum Gasteiger partial charge on any atom is 0.0975 e. The molecule has 0 bridgehead atoms. The fourth-order valence-electron chi connectivity index (χ4n) is 2.52. The van der Waals surface area contributed by atoms with Gasteiger partial charge in [-0.1, -0.05) is 49.4 Å². The molecule has 102 valence electrons. The Bertz CT molecular complexity index is 704. The molecule has 3 rings (SSSR count). The van der Waals surface area contributed by atoms with Crippen molar-refractivity contribution in [2.24, 2.45) is 0 Å². The number of hydrogen-bond donors (Lipinski definition) is 1. The van der Waals surface area contributed by atoms with Gasteiger partial charge in [-0.2, -0.15) is 12.6 Å². The molecule has 0 fully saturated rings. The van der Waals surface area contributed by atoms with E-state index >= 15 is 0 Å². The van der Waals surface area contributed by atoms with Gasteiger partial charge in [0.2, 0.25) is 0 Å². The van der Waals surface area contributed by atoms with Crippen molar-refractivity contribution in [3.8, 4) is 0 Å². The zero-order valence-corrected chi connectivity index (χ0v) is 13.2. The standard InChI is InChI=1S/C17H17NS2/c1-2-15-16(11-19)20-17(18-15)10-13-8-5-7-12-6-3-4-9-14(12)13/h3-9,19H,2,10-11H2,1H3. The third-order valence-corrected chi connectivity index (χ3v) is 5.15. The number of thiazole rings is 1. The van der Waals surface area contributed by atoms with E-state index in [2.05, 4.69) is 62.0 Å². The number of aryl methyl sites for hydroxylation is 1. The molecule has 1 aromatic heterocycles. The van der Waals surface area contributed by atoms with Gasteiger partial charge < -0.3 is 0 Å². The maximum absolute atomic E-state index is 4.77. The Labute approximate surface area is 129 Å². The minimum absolute atomic E-state index is 0.788. The highest BCUT2D eigenvalue weighted by molar-refractivity contribution is 7.79. The third-order valence-electron chi connectivity index (χ3n) is 3.52. The van der Waals surface area contributed by atoms with E-state index in [9.17, 15) is 0 Å². The Kier molecular flexibility index (Phi) is 4.08. The Morgan fingerprint density at radius 3 is 2.65 bits per heavy atom. The van der Waals surface area contributed by atoms with Crippen molar-refractivity contribution >= 4 is 34.7 Å². The zero-order valence-electron chi connectivity index (χ0n) is 11.5. The van der Waals surface area contributed by atoms with Gasteiger partial charge in [0, 0.05) is 17.1 Å². The molecule has 0 aliphatic carbocycles. The van der Waals surface area contributed by atoms with Crippen LogP contribution in [0, 0.1) is 0 Å². The van der Waals surface area contributed by atoms with Gasteiger partial charge in [0.1, 0.15) is 0 Å². The third kappa shape index (κ3) is 2.60. The summed E-state index contributed by atoms with van der Waals surface area (Å²) in [7, 11) is 0. The molecule has 20 heavy (non-hydrogen) atoms. The first kappa shape index (κ1) is 13.7. The molecule has 0 aliphatic heterocycles. The fraction of sp³-hybridized carbons (Fsp3) is 0.235. The van der Waals surface area contributed by atoms with E-state index in [4.69, 9.17) is 4.98 Å². The van der Waals surface area contributed by atoms with Gasteiger partial charge in [0.25, 0.3) is 0 Å². The zero-order chi connectivity index (χ0) is 13.9. The Morgan fingerprint density at radius 2 is 1.90 bits per heavy atom. The molecule has 1 heterocycles. The highest BCUT2D eigenvalue weighted by atomic mass is 32.1. The molecule has 3 heteroatoms. The first-order chi connectivity index (χ1) is 9.81. The summed E-state index contributed by atoms with van der Waals surface area (Å²) >= 11 is 6.20. The van der Waals surface area contributed by atoms with Crippen molar-refractivity contribution in [2.45, 2.75) is 25.5 Å². The molecule has 0 unspecified atom stereocenters. The number of nitrogens with zero attached hydrogens (tertiary/aromatic N) is 1. The van der Waals surface area contributed by atoms with Gasteiger partial charge in [-0.25, -0.2) is 4.98 Å². The molecule has 0 amide bonds. The van der Waals surface area contributed by atoms with Crippen molar-refractivity contribution in [1.29, 1.82) is 0 Å². The van der Waals surface area contributed by atoms with E-state index in [1.54, 1.807) is 11.3 Å². The highest BCUT2D eigenvalue weighted by Crippen LogP contribution is 2.26. The molecule has 3 aromatic rings. The molecule has 0 saturated heterocycles. The molecule has 0 aliphatic rings. The Morgan fingerprint density at radius 1 is 1.10 bits per heavy atom. The molecule has 1 nitrogen and oxygen atoms in total. The van der Waals surface area contributed by atoms with Crippen molar-refractivity contribution < 1.29 is 0 Å². The minimum Gasteiger partial charge on any atom is -0.246 e. The second-order valence-corrected chi connectivity index (χ2v) is 6.29. The fourth-order valence-corrected chi connectivity index (χ4v) is 3.94. The smallest absolute Gasteiger partial charge is 0.0975 e. The molecule has 0 radical (unpaired) electrons. The van der Waals surface area contributed by atoms with Gasteiger partial charge in [0.15, 0.2) is 0 Å². The van der Waals surface area contributed by atoms with Crippen LogP contribution in [0.3, 0.4) is 0 Å². The van der Waals surface area contributed by atoms with E-state index in [0.29, 0.717) is 0 Å². The van der Waals surface area contributed by atoms with Crippen LogP contribution in [0.25, 0.3) is 10.8 Å². The summed E-state index contributed by atoms with van der Waals surface area (Å²) in [4.78, 5) is 6.08. The summed E-state index contributed by atoms with van der Waals surface area (Å²) in [5.41, 5.74) is 2.56. The Hall–Kier alpha value is -1.32. The predicted octanol–water partition coefficient (Wildman–Crippen LogP) is 4.88. The van der Waals surface area contributed by atoms with Crippen LogP contribution in [0.5, 0.6) is 0 Å². The normalized spacial score (nSPS) is 11.1. The summed E-state index contributed by atoms with van der Waals surface area (Å²) in [5.74, 6) is 0.788. The van der Waals surface area contributed by atoms with Crippen molar-refractivity contribution in [3.63, 3.8) is 0 Å². The quantitative estimate of drug-likeness (QED) is 0.678. The van der Waals surface area contributed by atoms with Crippen LogP contribution < -0.4 is 0 Å². The number of rotatable bonds is 4. The van der Waals surface area contributed by atoms with Gasteiger partial charge in [0.05, 0.1) is 10.7 Å². The van der Waals surface area contributed by atoms with Crippen LogP contribution >= 0.6 is 24.0 Å². The molecular formula is C17H17NS2. The predicted molar refractivity (Wildman–Crippen MR) is 90.9 cm³/mol. The summed E-state index contributed by atoms with van der Waals surface area (Å²) < 4.78 is 0. The summed E-state index contributed by atoms with van der Waals surface area (Å²) in [5, 5.41) is 3.82. The highest BCUT2D eigenvalue weighted by Gasteiger charge is 2.10. The molecular weight excluding hydrogens is 282 g/mol. The SMILES string of the molecule is CCc1nc(Cc2cccc3ccccc23)sc1CS. The number of thiol groups is 1. The largest absolute Gasteiger partial charge is 0.246 e. The van der Waals surface area contributed by atoms with Crippen LogP contribution in [0.4, 0.5) is 0 Å². The van der Waals surface area contributed by atoms with Gasteiger partial charge in [-0.15, -0.1) is 11.3 Å². The monoisotopic (exact) mass is 299 g/mol. The molecule has 2 aromatic carbocycles. The summed E-state index contributed by atoms with van der Waals surface area (Å²) in [6, 6.07) is 15.0. The van der Waals surface area contributed by atoms with E-state index in [1.807, 2.05) is 0 Å². The lowest BCUT2D eigenvalue weighted by Gasteiger charge is -2.04. The first-order valence-electron chi connectivity index (χ1n) is 6.86. The topological polar surface area (TPSA) is 12.9 Å². The van der Waals surface area contributed by atoms with Crippen LogP contribution in [0.1, 0.15) is 28.1 Å². The van der Waals surface area contributed by atoms with Crippen LogP contribution in [0.2, 0.25) is 0 Å². The minimum atomic E-state index is 0.788. The first-order valence-corrected chi connectivity index (χ1v) is 8.31. The van der Waals surface area contributed by atoms with E-state index in [0.717, 1.165) is 18.6 Å². The average molecular weight is 299 g/mol. The molecule has 0 atom stereocenters. The number of aromatic nitrogens is 1. The average Bonchev–Trinajstić information content (AvgIpc) is 2.90. The van der Waals surface area contributed by atoms with Crippen molar-refractivity contribution in [1.82, 2.24) is 4.98 Å². The van der Waals surface area contributed by atoms with Gasteiger partial charge in [-0.05, 0) is 22.8 Å². The van der Waals surface area contributed by atoms with E-state index < -0.39 is 0 Å². The molecule has 0 N–H and O–H groups in total.